The molecule has 0 spiro atoms. The van der Waals surface area contributed by atoms with Crippen LogP contribution in [0, 0.1) is 18.3 Å². The molecule has 6 nitrogen and oxygen atoms in total. The summed E-state index contributed by atoms with van der Waals surface area (Å²) in [7, 11) is 0. The van der Waals surface area contributed by atoms with E-state index in [2.05, 4.69) is 11.4 Å². The van der Waals surface area contributed by atoms with E-state index in [0.717, 1.165) is 16.8 Å². The van der Waals surface area contributed by atoms with E-state index in [-0.39, 0.29) is 24.9 Å². The first-order valence-corrected chi connectivity index (χ1v) is 8.91. The van der Waals surface area contributed by atoms with E-state index in [4.69, 9.17) is 5.26 Å². The summed E-state index contributed by atoms with van der Waals surface area (Å²) < 4.78 is 0. The molecule has 2 aromatic carbocycles. The van der Waals surface area contributed by atoms with E-state index in [1.165, 1.54) is 0 Å². The number of hydrogen-bond acceptors (Lipinski definition) is 4. The van der Waals surface area contributed by atoms with Crippen LogP contribution in [0.4, 0.5) is 5.69 Å². The molecule has 1 saturated heterocycles. The third kappa shape index (κ3) is 4.72. The number of rotatable bonds is 5. The van der Waals surface area contributed by atoms with Gasteiger partial charge in [-0.2, -0.15) is 5.26 Å². The normalized spacial score (nSPS) is 14.7. The molecule has 0 aliphatic carbocycles. The molecule has 1 N–H and O–H groups in total. The van der Waals surface area contributed by atoms with E-state index in [1.54, 1.807) is 29.2 Å². The Balaban J connectivity index is 1.50. The number of nitrogens with zero attached hydrogens (tertiary/aromatic N) is 3. The second-order valence-corrected chi connectivity index (χ2v) is 6.62. The van der Waals surface area contributed by atoms with Crippen LogP contribution in [0.25, 0.3) is 0 Å². The average Bonchev–Trinajstić information content (AvgIpc) is 2.68. The highest BCUT2D eigenvalue weighted by atomic mass is 16.2. The van der Waals surface area contributed by atoms with Crippen LogP contribution in [0.5, 0.6) is 0 Å². The van der Waals surface area contributed by atoms with Crippen LogP contribution in [-0.4, -0.2) is 42.9 Å². The van der Waals surface area contributed by atoms with Gasteiger partial charge in [0.2, 0.25) is 11.8 Å². The van der Waals surface area contributed by atoms with Crippen LogP contribution in [0.1, 0.15) is 16.7 Å². The van der Waals surface area contributed by atoms with Crippen molar-refractivity contribution in [2.45, 2.75) is 13.5 Å². The Labute approximate surface area is 159 Å². The number of anilines is 1. The number of benzene rings is 2. The number of aryl methyl sites for hydroxylation is 1. The van der Waals surface area contributed by atoms with Gasteiger partial charge in [0, 0.05) is 25.3 Å². The summed E-state index contributed by atoms with van der Waals surface area (Å²) in [5, 5.41) is 11.8. The van der Waals surface area contributed by atoms with E-state index < -0.39 is 0 Å². The SMILES string of the molecule is Cc1ccccc1CNC(=O)CN1CCN(c2ccc(C#N)cc2)C(=O)C1. The van der Waals surface area contributed by atoms with Gasteiger partial charge in [0.05, 0.1) is 24.7 Å². The van der Waals surface area contributed by atoms with Crippen molar-refractivity contribution in [3.05, 3.63) is 65.2 Å². The second kappa shape index (κ2) is 8.47. The van der Waals surface area contributed by atoms with Gasteiger partial charge in [-0.05, 0) is 42.3 Å². The number of nitriles is 1. The minimum atomic E-state index is -0.0853. The van der Waals surface area contributed by atoms with E-state index in [0.29, 0.717) is 25.2 Å². The Morgan fingerprint density at radius 1 is 1.15 bits per heavy atom. The van der Waals surface area contributed by atoms with Gasteiger partial charge in [0.1, 0.15) is 0 Å². The Hall–Kier alpha value is -3.17. The molecule has 6 heteroatoms. The lowest BCUT2D eigenvalue weighted by atomic mass is 10.1. The van der Waals surface area contributed by atoms with Crippen molar-refractivity contribution in [2.24, 2.45) is 0 Å². The summed E-state index contributed by atoms with van der Waals surface area (Å²) in [6, 6.07) is 17.0. The number of carbonyl (C=O) groups is 2. The van der Waals surface area contributed by atoms with E-state index in [1.807, 2.05) is 36.1 Å². The highest BCUT2D eigenvalue weighted by Crippen LogP contribution is 2.18. The topological polar surface area (TPSA) is 76.4 Å². The van der Waals surface area contributed by atoms with Crippen molar-refractivity contribution < 1.29 is 9.59 Å². The van der Waals surface area contributed by atoms with E-state index in [9.17, 15) is 9.59 Å². The molecule has 0 unspecified atom stereocenters. The molecule has 2 amide bonds. The van der Waals surface area contributed by atoms with Crippen LogP contribution < -0.4 is 10.2 Å². The van der Waals surface area contributed by atoms with Gasteiger partial charge in [-0.1, -0.05) is 24.3 Å². The largest absolute Gasteiger partial charge is 0.351 e. The van der Waals surface area contributed by atoms with Crippen LogP contribution in [0.2, 0.25) is 0 Å². The monoisotopic (exact) mass is 362 g/mol. The minimum Gasteiger partial charge on any atom is -0.351 e. The van der Waals surface area contributed by atoms with Crippen LogP contribution >= 0.6 is 0 Å². The van der Waals surface area contributed by atoms with Crippen molar-refractivity contribution in [3.8, 4) is 6.07 Å². The van der Waals surface area contributed by atoms with Gasteiger partial charge in [-0.25, -0.2) is 0 Å². The quantitative estimate of drug-likeness (QED) is 0.880. The molecule has 0 saturated carbocycles. The molecule has 138 valence electrons. The molecule has 1 fully saturated rings. The van der Waals surface area contributed by atoms with Gasteiger partial charge in [0.15, 0.2) is 0 Å². The molecule has 2 aromatic rings. The van der Waals surface area contributed by atoms with E-state index >= 15 is 0 Å². The molecule has 0 radical (unpaired) electrons. The zero-order valence-electron chi connectivity index (χ0n) is 15.3. The first-order chi connectivity index (χ1) is 13.1. The fourth-order valence-electron chi connectivity index (χ4n) is 3.11. The zero-order valence-corrected chi connectivity index (χ0v) is 15.3. The lowest BCUT2D eigenvalue weighted by Crippen LogP contribution is -2.52. The fraction of sp³-hybridized carbons (Fsp3) is 0.286. The van der Waals surface area contributed by atoms with Crippen LogP contribution in [-0.2, 0) is 16.1 Å². The van der Waals surface area contributed by atoms with Crippen molar-refractivity contribution in [1.82, 2.24) is 10.2 Å². The van der Waals surface area contributed by atoms with Gasteiger partial charge in [-0.15, -0.1) is 0 Å². The maximum Gasteiger partial charge on any atom is 0.241 e. The molecule has 27 heavy (non-hydrogen) atoms. The Morgan fingerprint density at radius 3 is 2.56 bits per heavy atom. The maximum absolute atomic E-state index is 12.5. The van der Waals surface area contributed by atoms with Gasteiger partial charge in [0.25, 0.3) is 0 Å². The number of carbonyl (C=O) groups excluding carboxylic acids is 2. The summed E-state index contributed by atoms with van der Waals surface area (Å²) in [5.41, 5.74) is 3.58. The molecule has 0 atom stereocenters. The fourth-order valence-corrected chi connectivity index (χ4v) is 3.11. The first-order valence-electron chi connectivity index (χ1n) is 8.91. The summed E-state index contributed by atoms with van der Waals surface area (Å²) >= 11 is 0. The molecular formula is C21H22N4O2. The Bertz CT molecular complexity index is 870. The average molecular weight is 362 g/mol. The number of nitrogens with one attached hydrogen (secondary N) is 1. The van der Waals surface area contributed by atoms with Crippen LogP contribution in [0.3, 0.4) is 0 Å². The molecule has 0 aromatic heterocycles. The minimum absolute atomic E-state index is 0.0438. The highest BCUT2D eigenvalue weighted by molar-refractivity contribution is 5.96. The predicted octanol–water partition coefficient (Wildman–Crippen LogP) is 1.83. The molecule has 1 aliphatic rings. The van der Waals surface area contributed by atoms with Crippen molar-refractivity contribution in [1.29, 1.82) is 5.26 Å². The summed E-state index contributed by atoms with van der Waals surface area (Å²) in [5.74, 6) is -0.129. The predicted molar refractivity (Wildman–Crippen MR) is 103 cm³/mol. The number of piperazine rings is 1. The molecular weight excluding hydrogens is 340 g/mol. The van der Waals surface area contributed by atoms with Crippen molar-refractivity contribution in [2.75, 3.05) is 31.1 Å². The summed E-state index contributed by atoms with van der Waals surface area (Å²) in [4.78, 5) is 28.2. The third-order valence-corrected chi connectivity index (χ3v) is 4.71. The van der Waals surface area contributed by atoms with Crippen molar-refractivity contribution in [3.63, 3.8) is 0 Å². The third-order valence-electron chi connectivity index (χ3n) is 4.71. The Morgan fingerprint density at radius 2 is 1.89 bits per heavy atom. The molecule has 3 rings (SSSR count). The summed E-state index contributed by atoms with van der Waals surface area (Å²) in [6.45, 7) is 4.07. The lowest BCUT2D eigenvalue weighted by molar-refractivity contribution is -0.125. The number of amides is 2. The second-order valence-electron chi connectivity index (χ2n) is 6.62. The maximum atomic E-state index is 12.5. The highest BCUT2D eigenvalue weighted by Gasteiger charge is 2.26. The summed E-state index contributed by atoms with van der Waals surface area (Å²) in [6.07, 6.45) is 0. The molecule has 1 heterocycles. The molecule has 1 aliphatic heterocycles. The van der Waals surface area contributed by atoms with Gasteiger partial charge >= 0.3 is 0 Å². The van der Waals surface area contributed by atoms with Crippen LogP contribution in [0.15, 0.2) is 48.5 Å². The standard InChI is InChI=1S/C21H22N4O2/c1-16-4-2-3-5-18(16)13-23-20(26)14-24-10-11-25(21(27)15-24)19-8-6-17(12-22)7-9-19/h2-9H,10-11,13-15H2,1H3,(H,23,26). The molecule has 0 bridgehead atoms. The van der Waals surface area contributed by atoms with Crippen molar-refractivity contribution >= 4 is 17.5 Å². The smallest absolute Gasteiger partial charge is 0.241 e. The van der Waals surface area contributed by atoms with Gasteiger partial charge in [-0.3, -0.25) is 14.5 Å². The van der Waals surface area contributed by atoms with Gasteiger partial charge < -0.3 is 10.2 Å². The number of hydrogen-bond donors (Lipinski definition) is 1. The lowest BCUT2D eigenvalue weighted by Gasteiger charge is -2.34. The first kappa shape index (κ1) is 18.6. The zero-order chi connectivity index (χ0) is 19.2. The Kier molecular flexibility index (Phi) is 5.84.